The molecule has 1 rings (SSSR count). The molecule has 1 aromatic heterocycles. The van der Waals surface area contributed by atoms with Crippen LogP contribution in [-0.4, -0.2) is 24.0 Å². The van der Waals surface area contributed by atoms with E-state index in [0.717, 1.165) is 24.6 Å². The molecule has 4 heteroatoms. The second-order valence-corrected chi connectivity index (χ2v) is 4.75. The van der Waals surface area contributed by atoms with Gasteiger partial charge in [0.15, 0.2) is 0 Å². The van der Waals surface area contributed by atoms with E-state index in [1.165, 1.54) is 6.42 Å². The molecule has 0 aliphatic rings. The first-order valence-corrected chi connectivity index (χ1v) is 6.61. The molecule has 0 saturated heterocycles. The summed E-state index contributed by atoms with van der Waals surface area (Å²) in [5.74, 6) is 0.610. The Kier molecular flexibility index (Phi) is 6.19. The first-order valence-electron chi connectivity index (χ1n) is 6.61. The van der Waals surface area contributed by atoms with Crippen LogP contribution in [0.5, 0.6) is 0 Å². The minimum Gasteiger partial charge on any atom is -0.385 e. The van der Waals surface area contributed by atoms with E-state index in [2.05, 4.69) is 29.5 Å². The van der Waals surface area contributed by atoms with Crippen molar-refractivity contribution in [2.24, 2.45) is 5.92 Å². The molecular weight excluding hydrogens is 226 g/mol. The molecule has 0 aromatic carbocycles. The van der Waals surface area contributed by atoms with E-state index in [1.54, 1.807) is 12.3 Å². The second-order valence-electron chi connectivity index (χ2n) is 4.75. The Morgan fingerprint density at radius 3 is 2.89 bits per heavy atom. The van der Waals surface area contributed by atoms with Crippen molar-refractivity contribution >= 4 is 11.6 Å². The largest absolute Gasteiger partial charge is 0.385 e. The van der Waals surface area contributed by atoms with Gasteiger partial charge in [-0.25, -0.2) is 0 Å². The fraction of sp³-hybridized carbons (Fsp3) is 0.571. The molecule has 0 aliphatic carbocycles. The van der Waals surface area contributed by atoms with Crippen LogP contribution in [0.1, 0.15) is 44.1 Å². The molecule has 0 aliphatic heterocycles. The Morgan fingerprint density at radius 2 is 2.22 bits per heavy atom. The molecule has 0 unspecified atom stereocenters. The van der Waals surface area contributed by atoms with Gasteiger partial charge in [-0.15, -0.1) is 0 Å². The van der Waals surface area contributed by atoms with Crippen LogP contribution < -0.4 is 10.6 Å². The van der Waals surface area contributed by atoms with E-state index < -0.39 is 0 Å². The molecular formula is C14H23N3O. The van der Waals surface area contributed by atoms with Crippen molar-refractivity contribution in [1.29, 1.82) is 0 Å². The molecule has 2 N–H and O–H groups in total. The molecule has 0 atom stereocenters. The third-order valence-electron chi connectivity index (χ3n) is 2.62. The topological polar surface area (TPSA) is 54.0 Å². The highest BCUT2D eigenvalue weighted by atomic mass is 16.1. The Morgan fingerprint density at radius 1 is 1.44 bits per heavy atom. The maximum Gasteiger partial charge on any atom is 0.269 e. The number of anilines is 1. The van der Waals surface area contributed by atoms with Crippen molar-refractivity contribution < 1.29 is 4.79 Å². The fourth-order valence-corrected chi connectivity index (χ4v) is 1.66. The maximum absolute atomic E-state index is 11.6. The van der Waals surface area contributed by atoms with Crippen molar-refractivity contribution in [3.05, 3.63) is 24.0 Å². The molecule has 1 amide bonds. The molecule has 0 radical (unpaired) electrons. The van der Waals surface area contributed by atoms with E-state index in [9.17, 15) is 4.79 Å². The minimum atomic E-state index is -0.122. The van der Waals surface area contributed by atoms with Gasteiger partial charge in [-0.05, 0) is 37.8 Å². The molecule has 1 aromatic rings. The summed E-state index contributed by atoms with van der Waals surface area (Å²) in [6.45, 7) is 7.88. The van der Waals surface area contributed by atoms with Gasteiger partial charge in [0.05, 0.1) is 0 Å². The van der Waals surface area contributed by atoms with E-state index in [1.807, 2.05) is 13.0 Å². The van der Waals surface area contributed by atoms with Crippen LogP contribution in [0.2, 0.25) is 0 Å². The van der Waals surface area contributed by atoms with Gasteiger partial charge in [-0.2, -0.15) is 0 Å². The van der Waals surface area contributed by atoms with Gasteiger partial charge in [0.2, 0.25) is 0 Å². The smallest absolute Gasteiger partial charge is 0.269 e. The Hall–Kier alpha value is -1.58. The summed E-state index contributed by atoms with van der Waals surface area (Å²) >= 11 is 0. The van der Waals surface area contributed by atoms with Gasteiger partial charge in [0.1, 0.15) is 5.69 Å². The van der Waals surface area contributed by atoms with Crippen LogP contribution in [0.3, 0.4) is 0 Å². The van der Waals surface area contributed by atoms with Crippen molar-refractivity contribution in [2.75, 3.05) is 18.4 Å². The third kappa shape index (κ3) is 5.17. The number of amides is 1. The molecule has 0 spiro atoms. The first kappa shape index (κ1) is 14.5. The zero-order valence-electron chi connectivity index (χ0n) is 11.5. The number of hydrogen-bond acceptors (Lipinski definition) is 3. The van der Waals surface area contributed by atoms with Crippen molar-refractivity contribution in [2.45, 2.75) is 33.6 Å². The Balaban J connectivity index is 2.46. The highest BCUT2D eigenvalue weighted by molar-refractivity contribution is 5.93. The summed E-state index contributed by atoms with van der Waals surface area (Å²) in [5.41, 5.74) is 1.42. The average molecular weight is 249 g/mol. The van der Waals surface area contributed by atoms with E-state index in [-0.39, 0.29) is 5.91 Å². The van der Waals surface area contributed by atoms with Crippen LogP contribution in [0.4, 0.5) is 5.69 Å². The third-order valence-corrected chi connectivity index (χ3v) is 2.62. The molecule has 0 fully saturated rings. The van der Waals surface area contributed by atoms with Crippen LogP contribution in [0, 0.1) is 5.92 Å². The number of carbonyl (C=O) groups is 1. The first-order chi connectivity index (χ1) is 8.63. The quantitative estimate of drug-likeness (QED) is 0.730. The van der Waals surface area contributed by atoms with Gasteiger partial charge in [-0.3, -0.25) is 9.78 Å². The van der Waals surface area contributed by atoms with Crippen molar-refractivity contribution in [3.8, 4) is 0 Å². The van der Waals surface area contributed by atoms with Gasteiger partial charge < -0.3 is 10.6 Å². The number of nitrogens with zero attached hydrogens (tertiary/aromatic N) is 1. The summed E-state index contributed by atoms with van der Waals surface area (Å²) in [4.78, 5) is 15.7. The lowest BCUT2D eigenvalue weighted by Crippen LogP contribution is -2.23. The fourth-order valence-electron chi connectivity index (χ4n) is 1.66. The maximum atomic E-state index is 11.6. The monoisotopic (exact) mass is 249 g/mol. The molecule has 0 bridgehead atoms. The molecule has 1 heterocycles. The molecule has 0 saturated carbocycles. The van der Waals surface area contributed by atoms with E-state index in [4.69, 9.17) is 0 Å². The summed E-state index contributed by atoms with van der Waals surface area (Å²) in [6, 6.07) is 3.68. The number of rotatable bonds is 7. The predicted octanol–water partition coefficient (Wildman–Crippen LogP) is 2.68. The van der Waals surface area contributed by atoms with Gasteiger partial charge >= 0.3 is 0 Å². The highest BCUT2D eigenvalue weighted by Crippen LogP contribution is 2.09. The standard InChI is InChI=1S/C14H23N3O/c1-4-15-14(18)13-10-12(7-9-17-13)16-8-5-6-11(2)3/h7,9-11H,4-6,8H2,1-3H3,(H,15,18)(H,16,17). The molecule has 100 valence electrons. The number of aromatic nitrogens is 1. The Labute approximate surface area is 109 Å². The summed E-state index contributed by atoms with van der Waals surface area (Å²) in [7, 11) is 0. The lowest BCUT2D eigenvalue weighted by atomic mass is 10.1. The van der Waals surface area contributed by atoms with E-state index >= 15 is 0 Å². The van der Waals surface area contributed by atoms with Crippen molar-refractivity contribution in [3.63, 3.8) is 0 Å². The number of carbonyl (C=O) groups excluding carboxylic acids is 1. The van der Waals surface area contributed by atoms with E-state index in [0.29, 0.717) is 12.2 Å². The predicted molar refractivity (Wildman–Crippen MR) is 74.8 cm³/mol. The lowest BCUT2D eigenvalue weighted by molar-refractivity contribution is 0.0951. The van der Waals surface area contributed by atoms with Crippen LogP contribution in [-0.2, 0) is 0 Å². The molecule has 4 nitrogen and oxygen atoms in total. The number of nitrogens with one attached hydrogen (secondary N) is 2. The average Bonchev–Trinajstić information content (AvgIpc) is 2.35. The normalized spacial score (nSPS) is 10.4. The van der Waals surface area contributed by atoms with Crippen molar-refractivity contribution in [1.82, 2.24) is 10.3 Å². The Bertz CT molecular complexity index is 377. The van der Waals surface area contributed by atoms with Gasteiger partial charge in [0.25, 0.3) is 5.91 Å². The van der Waals surface area contributed by atoms with Crippen LogP contribution in [0.15, 0.2) is 18.3 Å². The second kappa shape index (κ2) is 7.69. The zero-order chi connectivity index (χ0) is 13.4. The van der Waals surface area contributed by atoms with Crippen LogP contribution >= 0.6 is 0 Å². The summed E-state index contributed by atoms with van der Waals surface area (Å²) < 4.78 is 0. The minimum absolute atomic E-state index is 0.122. The van der Waals surface area contributed by atoms with Gasteiger partial charge in [-0.1, -0.05) is 13.8 Å². The SMILES string of the molecule is CCNC(=O)c1cc(NCCCC(C)C)ccn1. The lowest BCUT2D eigenvalue weighted by Gasteiger charge is -2.09. The summed E-state index contributed by atoms with van der Waals surface area (Å²) in [5, 5.41) is 6.06. The number of hydrogen-bond donors (Lipinski definition) is 2. The van der Waals surface area contributed by atoms with Gasteiger partial charge in [0, 0.05) is 25.0 Å². The molecule has 18 heavy (non-hydrogen) atoms. The zero-order valence-corrected chi connectivity index (χ0v) is 11.5. The van der Waals surface area contributed by atoms with Crippen LogP contribution in [0.25, 0.3) is 0 Å². The highest BCUT2D eigenvalue weighted by Gasteiger charge is 2.05. The summed E-state index contributed by atoms with van der Waals surface area (Å²) in [6.07, 6.45) is 4.01. The number of pyridine rings is 1.